The SMILES string of the molecule is CC(=O)Oc1ccc(C(F)(F)F)cc1-c1ccccc1. The van der Waals surface area contributed by atoms with Crippen LogP contribution in [0.4, 0.5) is 13.2 Å². The van der Waals surface area contributed by atoms with E-state index in [9.17, 15) is 18.0 Å². The van der Waals surface area contributed by atoms with Crippen molar-refractivity contribution < 1.29 is 22.7 Å². The molecular formula is C15H11F3O2. The first-order valence-electron chi connectivity index (χ1n) is 5.83. The maximum Gasteiger partial charge on any atom is 0.416 e. The number of rotatable bonds is 2. The van der Waals surface area contributed by atoms with E-state index >= 15 is 0 Å². The van der Waals surface area contributed by atoms with Gasteiger partial charge < -0.3 is 4.74 Å². The molecule has 0 spiro atoms. The molecule has 20 heavy (non-hydrogen) atoms. The fraction of sp³-hybridized carbons (Fsp3) is 0.133. The third-order valence-electron chi connectivity index (χ3n) is 2.65. The fourth-order valence-electron chi connectivity index (χ4n) is 1.79. The predicted octanol–water partition coefficient (Wildman–Crippen LogP) is 4.30. The molecule has 0 unspecified atom stereocenters. The summed E-state index contributed by atoms with van der Waals surface area (Å²) in [4.78, 5) is 11.0. The summed E-state index contributed by atoms with van der Waals surface area (Å²) in [6, 6.07) is 11.5. The number of hydrogen-bond acceptors (Lipinski definition) is 2. The molecule has 2 aromatic carbocycles. The lowest BCUT2D eigenvalue weighted by Gasteiger charge is -2.13. The molecule has 0 amide bonds. The Balaban J connectivity index is 2.57. The van der Waals surface area contributed by atoms with E-state index in [1.165, 1.54) is 6.92 Å². The highest BCUT2D eigenvalue weighted by molar-refractivity contribution is 5.77. The minimum absolute atomic E-state index is 0.108. The molecule has 0 atom stereocenters. The zero-order valence-electron chi connectivity index (χ0n) is 10.6. The summed E-state index contributed by atoms with van der Waals surface area (Å²) in [6.45, 7) is 1.20. The zero-order valence-corrected chi connectivity index (χ0v) is 10.6. The van der Waals surface area contributed by atoms with Crippen molar-refractivity contribution in [1.82, 2.24) is 0 Å². The number of esters is 1. The van der Waals surface area contributed by atoms with Crippen LogP contribution >= 0.6 is 0 Å². The molecule has 0 N–H and O–H groups in total. The molecule has 0 bridgehead atoms. The minimum Gasteiger partial charge on any atom is -0.426 e. The molecule has 0 heterocycles. The first-order chi connectivity index (χ1) is 9.38. The largest absolute Gasteiger partial charge is 0.426 e. The van der Waals surface area contributed by atoms with E-state index in [1.807, 2.05) is 0 Å². The first-order valence-corrected chi connectivity index (χ1v) is 5.83. The molecule has 0 aliphatic rings. The van der Waals surface area contributed by atoms with Gasteiger partial charge in [0, 0.05) is 12.5 Å². The molecule has 0 fully saturated rings. The van der Waals surface area contributed by atoms with Gasteiger partial charge in [-0.15, -0.1) is 0 Å². The van der Waals surface area contributed by atoms with Gasteiger partial charge in [-0.1, -0.05) is 30.3 Å². The maximum absolute atomic E-state index is 12.8. The summed E-state index contributed by atoms with van der Waals surface area (Å²) in [5, 5.41) is 0. The van der Waals surface area contributed by atoms with Crippen molar-refractivity contribution in [2.45, 2.75) is 13.1 Å². The van der Waals surface area contributed by atoms with E-state index in [-0.39, 0.29) is 11.3 Å². The minimum atomic E-state index is -4.45. The Bertz CT molecular complexity index is 619. The van der Waals surface area contributed by atoms with Crippen molar-refractivity contribution in [3.05, 3.63) is 54.1 Å². The Morgan fingerprint density at radius 3 is 2.25 bits per heavy atom. The number of benzene rings is 2. The third-order valence-corrected chi connectivity index (χ3v) is 2.65. The van der Waals surface area contributed by atoms with Crippen LogP contribution in [0.15, 0.2) is 48.5 Å². The first kappa shape index (κ1) is 14.1. The van der Waals surface area contributed by atoms with Crippen LogP contribution < -0.4 is 4.74 Å². The highest BCUT2D eigenvalue weighted by Crippen LogP contribution is 2.37. The molecule has 0 aliphatic carbocycles. The van der Waals surface area contributed by atoms with E-state index < -0.39 is 17.7 Å². The smallest absolute Gasteiger partial charge is 0.416 e. The summed E-state index contributed by atoms with van der Waals surface area (Å²) in [5.41, 5.74) is -0.00210. The fourth-order valence-corrected chi connectivity index (χ4v) is 1.79. The van der Waals surface area contributed by atoms with Gasteiger partial charge in [0.15, 0.2) is 0 Å². The van der Waals surface area contributed by atoms with Crippen molar-refractivity contribution in [2.24, 2.45) is 0 Å². The molecule has 2 nitrogen and oxygen atoms in total. The summed E-state index contributed by atoms with van der Waals surface area (Å²) in [6.07, 6.45) is -4.45. The van der Waals surface area contributed by atoms with E-state index in [1.54, 1.807) is 30.3 Å². The number of carbonyl (C=O) groups excluding carboxylic acids is 1. The molecule has 2 aromatic rings. The van der Waals surface area contributed by atoms with E-state index in [0.717, 1.165) is 18.2 Å². The normalized spacial score (nSPS) is 11.2. The highest BCUT2D eigenvalue weighted by atomic mass is 19.4. The number of hydrogen-bond donors (Lipinski definition) is 0. The second kappa shape index (κ2) is 5.36. The van der Waals surface area contributed by atoms with Crippen molar-refractivity contribution in [1.29, 1.82) is 0 Å². The number of carbonyl (C=O) groups is 1. The van der Waals surface area contributed by atoms with Crippen molar-refractivity contribution in [2.75, 3.05) is 0 Å². The van der Waals surface area contributed by atoms with Crippen LogP contribution in [-0.2, 0) is 11.0 Å². The predicted molar refractivity (Wildman–Crippen MR) is 68.2 cm³/mol. The van der Waals surface area contributed by atoms with Crippen molar-refractivity contribution >= 4 is 5.97 Å². The molecule has 104 valence electrons. The van der Waals surface area contributed by atoms with E-state index in [0.29, 0.717) is 5.56 Å². The van der Waals surface area contributed by atoms with Crippen LogP contribution in [0, 0.1) is 0 Å². The molecule has 0 saturated heterocycles. The average molecular weight is 280 g/mol. The van der Waals surface area contributed by atoms with Crippen LogP contribution in [0.1, 0.15) is 12.5 Å². The van der Waals surface area contributed by atoms with Gasteiger partial charge in [0.2, 0.25) is 0 Å². The lowest BCUT2D eigenvalue weighted by Crippen LogP contribution is -2.07. The van der Waals surface area contributed by atoms with Gasteiger partial charge >= 0.3 is 12.1 Å². The Kier molecular flexibility index (Phi) is 3.79. The number of ether oxygens (including phenoxy) is 1. The third kappa shape index (κ3) is 3.17. The second-order valence-electron chi connectivity index (χ2n) is 4.17. The Labute approximate surface area is 113 Å². The number of halogens is 3. The van der Waals surface area contributed by atoms with Gasteiger partial charge in [-0.3, -0.25) is 4.79 Å². The van der Waals surface area contributed by atoms with Gasteiger partial charge in [0.25, 0.3) is 0 Å². The molecule has 2 rings (SSSR count). The van der Waals surface area contributed by atoms with Crippen LogP contribution in [-0.4, -0.2) is 5.97 Å². The van der Waals surface area contributed by atoms with Crippen LogP contribution in [0.5, 0.6) is 5.75 Å². The van der Waals surface area contributed by atoms with Crippen molar-refractivity contribution in [3.63, 3.8) is 0 Å². The van der Waals surface area contributed by atoms with E-state index in [2.05, 4.69) is 0 Å². The Morgan fingerprint density at radius 1 is 1.05 bits per heavy atom. The van der Waals surface area contributed by atoms with Crippen molar-refractivity contribution in [3.8, 4) is 16.9 Å². The van der Waals surface area contributed by atoms with Crippen LogP contribution in [0.25, 0.3) is 11.1 Å². The molecule has 0 radical (unpaired) electrons. The quantitative estimate of drug-likeness (QED) is 0.605. The molecule has 0 aromatic heterocycles. The molecule has 0 aliphatic heterocycles. The van der Waals surface area contributed by atoms with Gasteiger partial charge in [-0.25, -0.2) is 0 Å². The summed E-state index contributed by atoms with van der Waals surface area (Å²) in [7, 11) is 0. The van der Waals surface area contributed by atoms with Gasteiger partial charge in [0.1, 0.15) is 5.75 Å². The summed E-state index contributed by atoms with van der Waals surface area (Å²) in [5.74, 6) is -0.473. The van der Waals surface area contributed by atoms with Gasteiger partial charge in [-0.05, 0) is 23.8 Å². The standard InChI is InChI=1S/C15H11F3O2/c1-10(19)20-14-8-7-12(15(16,17)18)9-13(14)11-5-3-2-4-6-11/h2-9H,1H3. The lowest BCUT2D eigenvalue weighted by molar-refractivity contribution is -0.137. The average Bonchev–Trinajstić information content (AvgIpc) is 2.38. The monoisotopic (exact) mass is 280 g/mol. The van der Waals surface area contributed by atoms with Gasteiger partial charge in [0.05, 0.1) is 5.56 Å². The highest BCUT2D eigenvalue weighted by Gasteiger charge is 2.31. The summed E-state index contributed by atoms with van der Waals surface area (Å²) >= 11 is 0. The maximum atomic E-state index is 12.8. The Hall–Kier alpha value is -2.30. The molecule has 0 saturated carbocycles. The Morgan fingerprint density at radius 2 is 1.70 bits per heavy atom. The van der Waals surface area contributed by atoms with E-state index in [4.69, 9.17) is 4.74 Å². The lowest BCUT2D eigenvalue weighted by atomic mass is 10.0. The van der Waals surface area contributed by atoms with Crippen LogP contribution in [0.3, 0.4) is 0 Å². The molecular weight excluding hydrogens is 269 g/mol. The zero-order chi connectivity index (χ0) is 14.8. The topological polar surface area (TPSA) is 26.3 Å². The summed E-state index contributed by atoms with van der Waals surface area (Å²) < 4.78 is 43.3. The number of alkyl halides is 3. The van der Waals surface area contributed by atoms with Crippen LogP contribution in [0.2, 0.25) is 0 Å². The molecule has 5 heteroatoms. The van der Waals surface area contributed by atoms with Gasteiger partial charge in [-0.2, -0.15) is 13.2 Å². The second-order valence-corrected chi connectivity index (χ2v) is 4.17.